The first-order valence-corrected chi connectivity index (χ1v) is 11.3. The Labute approximate surface area is 193 Å². The van der Waals surface area contributed by atoms with E-state index in [2.05, 4.69) is 22.5 Å². The number of aromatic amines is 1. The summed E-state index contributed by atoms with van der Waals surface area (Å²) in [6.45, 7) is 8.55. The predicted octanol–water partition coefficient (Wildman–Crippen LogP) is 5.64. The van der Waals surface area contributed by atoms with Gasteiger partial charge in [-0.2, -0.15) is 0 Å². The molecule has 0 fully saturated rings. The van der Waals surface area contributed by atoms with Crippen molar-refractivity contribution in [1.82, 2.24) is 15.6 Å². The van der Waals surface area contributed by atoms with Crippen LogP contribution in [-0.4, -0.2) is 35.7 Å². The van der Waals surface area contributed by atoms with Crippen LogP contribution in [0.5, 0.6) is 0 Å². The summed E-state index contributed by atoms with van der Waals surface area (Å²) in [5.41, 5.74) is 2.33. The number of carbonyl (C=O) groups excluding carboxylic acids is 2. The van der Waals surface area contributed by atoms with Crippen LogP contribution < -0.4 is 10.6 Å². The van der Waals surface area contributed by atoms with Gasteiger partial charge in [0.25, 0.3) is 5.91 Å². The van der Waals surface area contributed by atoms with Gasteiger partial charge in [-0.15, -0.1) is 0 Å². The average Bonchev–Trinajstić information content (AvgIpc) is 3.14. The topological polar surface area (TPSA) is 83.2 Å². The molecule has 0 saturated carbocycles. The van der Waals surface area contributed by atoms with Gasteiger partial charge in [-0.1, -0.05) is 37.3 Å². The summed E-state index contributed by atoms with van der Waals surface area (Å²) in [7, 11) is 0. The highest BCUT2D eigenvalue weighted by Gasteiger charge is 2.20. The smallest absolute Gasteiger partial charge is 0.407 e. The van der Waals surface area contributed by atoms with E-state index in [0.29, 0.717) is 18.8 Å². The maximum Gasteiger partial charge on any atom is 0.407 e. The van der Waals surface area contributed by atoms with Crippen LogP contribution in [0.1, 0.15) is 51.0 Å². The number of amides is 2. The van der Waals surface area contributed by atoms with Crippen LogP contribution in [0.4, 0.5) is 9.18 Å². The Hall–Kier alpha value is -3.35. The SMILES string of the molecule is C[C@@H](CCCNC(=O)OC(C)(C)C)CNC(=O)c1[nH]c2ccccc2c1-c1ccc(F)cc1. The van der Waals surface area contributed by atoms with Crippen molar-refractivity contribution in [3.8, 4) is 11.1 Å². The number of benzene rings is 2. The van der Waals surface area contributed by atoms with Gasteiger partial charge in [-0.3, -0.25) is 4.79 Å². The highest BCUT2D eigenvalue weighted by atomic mass is 19.1. The molecule has 0 unspecified atom stereocenters. The summed E-state index contributed by atoms with van der Waals surface area (Å²) in [6, 6.07) is 13.8. The zero-order chi connectivity index (χ0) is 24.0. The van der Waals surface area contributed by atoms with Gasteiger partial charge in [0, 0.05) is 29.6 Å². The zero-order valence-corrected chi connectivity index (χ0v) is 19.6. The number of fused-ring (bicyclic) bond motifs is 1. The molecule has 176 valence electrons. The minimum absolute atomic E-state index is 0.204. The van der Waals surface area contributed by atoms with E-state index in [0.717, 1.165) is 34.9 Å². The van der Waals surface area contributed by atoms with Crippen molar-refractivity contribution in [2.75, 3.05) is 13.1 Å². The van der Waals surface area contributed by atoms with Gasteiger partial charge >= 0.3 is 6.09 Å². The molecular weight excluding hydrogens is 421 g/mol. The van der Waals surface area contributed by atoms with Gasteiger partial charge in [-0.05, 0) is 63.3 Å². The van der Waals surface area contributed by atoms with Crippen molar-refractivity contribution in [2.24, 2.45) is 5.92 Å². The van der Waals surface area contributed by atoms with Gasteiger partial charge in [0.05, 0.1) is 0 Å². The molecule has 6 nitrogen and oxygen atoms in total. The highest BCUT2D eigenvalue weighted by molar-refractivity contribution is 6.09. The molecule has 0 aliphatic rings. The Bertz CT molecular complexity index is 1100. The molecule has 0 aliphatic heterocycles. The molecule has 3 aromatic rings. The number of hydrogen-bond donors (Lipinski definition) is 3. The molecule has 0 radical (unpaired) electrons. The van der Waals surface area contributed by atoms with Crippen LogP contribution in [0.15, 0.2) is 48.5 Å². The fourth-order valence-electron chi connectivity index (χ4n) is 3.64. The number of hydrogen-bond acceptors (Lipinski definition) is 3. The molecule has 3 rings (SSSR count). The molecule has 0 bridgehead atoms. The number of aromatic nitrogens is 1. The zero-order valence-electron chi connectivity index (χ0n) is 19.6. The standard InChI is InChI=1S/C26H32FN3O3/c1-17(8-7-15-28-25(32)33-26(2,3)4)16-29-24(31)23-22(18-11-13-19(27)14-12-18)20-9-5-6-10-21(20)30-23/h5-6,9-14,17,30H,7-8,15-16H2,1-4H3,(H,28,32)(H,29,31)/t17-/m0/s1. The number of para-hydroxylation sites is 1. The number of carbonyl (C=O) groups is 2. The van der Waals surface area contributed by atoms with Crippen molar-refractivity contribution in [3.63, 3.8) is 0 Å². The Kier molecular flexibility index (Phi) is 7.74. The molecule has 7 heteroatoms. The molecule has 1 heterocycles. The van der Waals surface area contributed by atoms with Crippen LogP contribution in [0.25, 0.3) is 22.0 Å². The second-order valence-electron chi connectivity index (χ2n) is 9.31. The lowest BCUT2D eigenvalue weighted by Crippen LogP contribution is -2.33. The van der Waals surface area contributed by atoms with E-state index >= 15 is 0 Å². The molecule has 3 N–H and O–H groups in total. The molecule has 33 heavy (non-hydrogen) atoms. The minimum atomic E-state index is -0.517. The van der Waals surface area contributed by atoms with Crippen LogP contribution in [0.2, 0.25) is 0 Å². The quantitative estimate of drug-likeness (QED) is 0.386. The van der Waals surface area contributed by atoms with Crippen LogP contribution in [0.3, 0.4) is 0 Å². The number of H-pyrrole nitrogens is 1. The summed E-state index contributed by atoms with van der Waals surface area (Å²) in [5.74, 6) is -0.295. The van der Waals surface area contributed by atoms with E-state index in [1.807, 2.05) is 45.0 Å². The Morgan fingerprint density at radius 3 is 2.45 bits per heavy atom. The van der Waals surface area contributed by atoms with Crippen molar-refractivity contribution < 1.29 is 18.7 Å². The fraction of sp³-hybridized carbons (Fsp3) is 0.385. The molecule has 2 aromatic carbocycles. The van der Waals surface area contributed by atoms with Gasteiger partial charge in [-0.25, -0.2) is 9.18 Å². The van der Waals surface area contributed by atoms with Crippen molar-refractivity contribution in [2.45, 2.75) is 46.1 Å². The third kappa shape index (κ3) is 6.81. The summed E-state index contributed by atoms with van der Waals surface area (Å²) in [4.78, 5) is 28.0. The van der Waals surface area contributed by atoms with E-state index in [1.54, 1.807) is 12.1 Å². The molecule has 1 aromatic heterocycles. The predicted molar refractivity (Wildman–Crippen MR) is 129 cm³/mol. The number of ether oxygens (including phenoxy) is 1. The lowest BCUT2D eigenvalue weighted by Gasteiger charge is -2.20. The summed E-state index contributed by atoms with van der Waals surface area (Å²) < 4.78 is 18.7. The molecular formula is C26H32FN3O3. The molecule has 0 aliphatic carbocycles. The van der Waals surface area contributed by atoms with Crippen molar-refractivity contribution in [3.05, 3.63) is 60.0 Å². The maximum atomic E-state index is 13.4. The Morgan fingerprint density at radius 2 is 1.76 bits per heavy atom. The second-order valence-corrected chi connectivity index (χ2v) is 9.31. The first kappa shape index (κ1) is 24.3. The summed E-state index contributed by atoms with van der Waals surface area (Å²) in [5, 5.41) is 6.67. The van der Waals surface area contributed by atoms with Crippen LogP contribution in [0, 0.1) is 11.7 Å². The van der Waals surface area contributed by atoms with E-state index < -0.39 is 11.7 Å². The summed E-state index contributed by atoms with van der Waals surface area (Å²) in [6.07, 6.45) is 1.20. The third-order valence-corrected chi connectivity index (χ3v) is 5.22. The molecule has 0 spiro atoms. The van der Waals surface area contributed by atoms with E-state index in [-0.39, 0.29) is 17.6 Å². The summed E-state index contributed by atoms with van der Waals surface area (Å²) >= 11 is 0. The van der Waals surface area contributed by atoms with Gasteiger partial charge < -0.3 is 20.4 Å². The van der Waals surface area contributed by atoms with Crippen molar-refractivity contribution >= 4 is 22.9 Å². The van der Waals surface area contributed by atoms with Crippen molar-refractivity contribution in [1.29, 1.82) is 0 Å². The lowest BCUT2D eigenvalue weighted by atomic mass is 10.0. The number of nitrogens with one attached hydrogen (secondary N) is 3. The normalized spacial score (nSPS) is 12.4. The Balaban J connectivity index is 1.58. The monoisotopic (exact) mass is 453 g/mol. The molecule has 1 atom stereocenters. The largest absolute Gasteiger partial charge is 0.444 e. The minimum Gasteiger partial charge on any atom is -0.444 e. The molecule has 0 saturated heterocycles. The van der Waals surface area contributed by atoms with Gasteiger partial charge in [0.2, 0.25) is 0 Å². The van der Waals surface area contributed by atoms with E-state index in [1.165, 1.54) is 12.1 Å². The number of halogens is 1. The fourth-order valence-corrected chi connectivity index (χ4v) is 3.64. The second kappa shape index (κ2) is 10.5. The lowest BCUT2D eigenvalue weighted by molar-refractivity contribution is 0.0526. The highest BCUT2D eigenvalue weighted by Crippen LogP contribution is 2.32. The van der Waals surface area contributed by atoms with Crippen LogP contribution in [-0.2, 0) is 4.74 Å². The number of alkyl carbamates (subject to hydrolysis) is 1. The van der Waals surface area contributed by atoms with E-state index in [9.17, 15) is 14.0 Å². The number of rotatable bonds is 8. The van der Waals surface area contributed by atoms with E-state index in [4.69, 9.17) is 4.74 Å². The van der Waals surface area contributed by atoms with Gasteiger partial charge in [0.15, 0.2) is 0 Å². The first-order chi connectivity index (χ1) is 15.6. The first-order valence-electron chi connectivity index (χ1n) is 11.3. The van der Waals surface area contributed by atoms with Gasteiger partial charge in [0.1, 0.15) is 17.1 Å². The molecule has 2 amide bonds. The van der Waals surface area contributed by atoms with Crippen LogP contribution >= 0.6 is 0 Å². The average molecular weight is 454 g/mol. The Morgan fingerprint density at radius 1 is 1.06 bits per heavy atom. The third-order valence-electron chi connectivity index (χ3n) is 5.22. The maximum absolute atomic E-state index is 13.4.